The molecule has 0 spiro atoms. The molecule has 1 amide bonds. The molecule has 0 bridgehead atoms. The van der Waals surface area contributed by atoms with Gasteiger partial charge in [-0.3, -0.25) is 9.78 Å². The first-order valence-corrected chi connectivity index (χ1v) is 7.68. The van der Waals surface area contributed by atoms with Crippen molar-refractivity contribution in [2.24, 2.45) is 0 Å². The Hall–Kier alpha value is -3.67. The minimum absolute atomic E-state index is 0.0309. The fraction of sp³-hybridized carbons (Fsp3) is 0. The molecular formula is C19H14N4O2. The van der Waals surface area contributed by atoms with Gasteiger partial charge in [-0.05, 0) is 23.6 Å². The third-order valence-corrected chi connectivity index (χ3v) is 3.92. The molecule has 0 aliphatic carbocycles. The highest BCUT2D eigenvalue weighted by atomic mass is 16.5. The Balaban J connectivity index is 1.74. The smallest absolute Gasteiger partial charge is 0.263 e. The zero-order valence-electron chi connectivity index (χ0n) is 13.1. The molecule has 0 saturated carbocycles. The van der Waals surface area contributed by atoms with Crippen LogP contribution in [0.5, 0.6) is 0 Å². The van der Waals surface area contributed by atoms with Crippen molar-refractivity contribution in [3.05, 3.63) is 72.6 Å². The van der Waals surface area contributed by atoms with Crippen LogP contribution in [0.15, 0.2) is 71.5 Å². The molecule has 2 aromatic carbocycles. The number of pyridine rings is 1. The van der Waals surface area contributed by atoms with Crippen molar-refractivity contribution in [3.8, 4) is 11.3 Å². The number of nitrogens with two attached hydrogens (primary N) is 1. The summed E-state index contributed by atoms with van der Waals surface area (Å²) >= 11 is 0. The molecule has 6 heteroatoms. The molecule has 0 radical (unpaired) electrons. The van der Waals surface area contributed by atoms with Crippen LogP contribution in [0.2, 0.25) is 0 Å². The first-order chi connectivity index (χ1) is 12.2. The second-order valence-corrected chi connectivity index (χ2v) is 5.49. The van der Waals surface area contributed by atoms with Crippen molar-refractivity contribution < 1.29 is 9.32 Å². The van der Waals surface area contributed by atoms with Crippen LogP contribution in [0.1, 0.15) is 10.4 Å². The fourth-order valence-corrected chi connectivity index (χ4v) is 2.74. The van der Waals surface area contributed by atoms with Gasteiger partial charge in [0.2, 0.25) is 5.88 Å². The molecule has 0 aliphatic rings. The third kappa shape index (κ3) is 2.70. The predicted octanol–water partition coefficient (Wildman–Crippen LogP) is 3.72. The van der Waals surface area contributed by atoms with Gasteiger partial charge in [0.05, 0.1) is 0 Å². The standard InChI is InChI=1S/C19H14N4O2/c20-18-16(17(23-25-18)13-7-4-10-21-11-13)19(24)22-15-9-3-6-12-5-1-2-8-14(12)15/h1-11H,20H2,(H,22,24). The number of carbonyl (C=O) groups excluding carboxylic acids is 1. The van der Waals surface area contributed by atoms with E-state index in [1.165, 1.54) is 0 Å². The van der Waals surface area contributed by atoms with Crippen molar-refractivity contribution in [1.82, 2.24) is 10.1 Å². The van der Waals surface area contributed by atoms with E-state index >= 15 is 0 Å². The maximum Gasteiger partial charge on any atom is 0.263 e. The number of anilines is 2. The van der Waals surface area contributed by atoms with Gasteiger partial charge in [-0.25, -0.2) is 0 Å². The predicted molar refractivity (Wildman–Crippen MR) is 96.0 cm³/mol. The van der Waals surface area contributed by atoms with Crippen LogP contribution in [0.3, 0.4) is 0 Å². The lowest BCUT2D eigenvalue weighted by atomic mass is 10.1. The number of amides is 1. The third-order valence-electron chi connectivity index (χ3n) is 3.92. The van der Waals surface area contributed by atoms with Gasteiger partial charge >= 0.3 is 0 Å². The molecule has 122 valence electrons. The van der Waals surface area contributed by atoms with Crippen LogP contribution < -0.4 is 11.1 Å². The number of hydrogen-bond acceptors (Lipinski definition) is 5. The van der Waals surface area contributed by atoms with Gasteiger partial charge in [-0.2, -0.15) is 0 Å². The molecule has 0 fully saturated rings. The molecule has 0 saturated heterocycles. The molecular weight excluding hydrogens is 316 g/mol. The summed E-state index contributed by atoms with van der Waals surface area (Å²) in [5.74, 6) is -0.412. The highest BCUT2D eigenvalue weighted by molar-refractivity contribution is 6.13. The summed E-state index contributed by atoms with van der Waals surface area (Å²) in [6, 6.07) is 17.1. The Labute approximate surface area is 143 Å². The monoisotopic (exact) mass is 330 g/mol. The molecule has 4 aromatic rings. The number of nitrogen functional groups attached to an aromatic ring is 1. The second-order valence-electron chi connectivity index (χ2n) is 5.49. The van der Waals surface area contributed by atoms with Gasteiger partial charge in [0.15, 0.2) is 0 Å². The van der Waals surface area contributed by atoms with Crippen LogP contribution in [0, 0.1) is 0 Å². The lowest BCUT2D eigenvalue weighted by Gasteiger charge is -2.09. The number of nitrogens with zero attached hydrogens (tertiary/aromatic N) is 2. The number of carbonyl (C=O) groups is 1. The number of fused-ring (bicyclic) bond motifs is 1. The summed E-state index contributed by atoms with van der Waals surface area (Å²) in [4.78, 5) is 16.9. The summed E-state index contributed by atoms with van der Waals surface area (Å²) in [6.07, 6.45) is 3.24. The lowest BCUT2D eigenvalue weighted by molar-refractivity contribution is 0.102. The average molecular weight is 330 g/mol. The summed E-state index contributed by atoms with van der Waals surface area (Å²) < 4.78 is 5.04. The largest absolute Gasteiger partial charge is 0.367 e. The number of rotatable bonds is 3. The van der Waals surface area contributed by atoms with Crippen LogP contribution in [-0.4, -0.2) is 16.0 Å². The highest BCUT2D eigenvalue weighted by Gasteiger charge is 2.23. The molecule has 25 heavy (non-hydrogen) atoms. The molecule has 0 aliphatic heterocycles. The van der Waals surface area contributed by atoms with E-state index < -0.39 is 0 Å². The minimum atomic E-state index is -0.381. The molecule has 4 rings (SSSR count). The maximum absolute atomic E-state index is 12.8. The molecule has 6 nitrogen and oxygen atoms in total. The Bertz CT molecular complexity index is 1050. The summed E-state index contributed by atoms with van der Waals surface area (Å²) in [5, 5.41) is 8.78. The van der Waals surface area contributed by atoms with E-state index in [1.807, 2.05) is 42.5 Å². The summed E-state index contributed by atoms with van der Waals surface area (Å²) in [7, 11) is 0. The number of aromatic nitrogens is 2. The number of nitrogens with one attached hydrogen (secondary N) is 1. The first-order valence-electron chi connectivity index (χ1n) is 7.68. The quantitative estimate of drug-likeness (QED) is 0.597. The van der Waals surface area contributed by atoms with Crippen LogP contribution in [-0.2, 0) is 0 Å². The normalized spacial score (nSPS) is 10.7. The molecule has 0 atom stereocenters. The average Bonchev–Trinajstić information content (AvgIpc) is 3.04. The Kier molecular flexibility index (Phi) is 3.63. The topological polar surface area (TPSA) is 94.0 Å². The molecule has 0 unspecified atom stereocenters. The van der Waals surface area contributed by atoms with Gasteiger partial charge in [0, 0.05) is 29.0 Å². The van der Waals surface area contributed by atoms with Crippen LogP contribution >= 0.6 is 0 Å². The Morgan fingerprint density at radius 2 is 1.88 bits per heavy atom. The van der Waals surface area contributed by atoms with E-state index in [1.54, 1.807) is 24.5 Å². The van der Waals surface area contributed by atoms with Crippen molar-refractivity contribution in [2.45, 2.75) is 0 Å². The van der Waals surface area contributed by atoms with E-state index in [9.17, 15) is 4.79 Å². The van der Waals surface area contributed by atoms with Crippen molar-refractivity contribution in [2.75, 3.05) is 11.1 Å². The van der Waals surface area contributed by atoms with E-state index in [4.69, 9.17) is 10.3 Å². The maximum atomic E-state index is 12.8. The van der Waals surface area contributed by atoms with E-state index in [0.29, 0.717) is 16.9 Å². The summed E-state index contributed by atoms with van der Waals surface area (Å²) in [5.41, 5.74) is 7.75. The SMILES string of the molecule is Nc1onc(-c2cccnc2)c1C(=O)Nc1cccc2ccccc12. The zero-order chi connectivity index (χ0) is 17.2. The summed E-state index contributed by atoms with van der Waals surface area (Å²) in [6.45, 7) is 0. The molecule has 2 heterocycles. The van der Waals surface area contributed by atoms with Crippen molar-refractivity contribution in [1.29, 1.82) is 0 Å². The second kappa shape index (κ2) is 6.09. The zero-order valence-corrected chi connectivity index (χ0v) is 13.1. The fourth-order valence-electron chi connectivity index (χ4n) is 2.74. The number of benzene rings is 2. The molecule has 3 N–H and O–H groups in total. The van der Waals surface area contributed by atoms with Gasteiger partial charge in [0.1, 0.15) is 11.3 Å². The van der Waals surface area contributed by atoms with Gasteiger partial charge in [-0.1, -0.05) is 41.6 Å². The van der Waals surface area contributed by atoms with Crippen molar-refractivity contribution >= 4 is 28.3 Å². The number of hydrogen-bond donors (Lipinski definition) is 2. The lowest BCUT2D eigenvalue weighted by Crippen LogP contribution is -2.14. The van der Waals surface area contributed by atoms with Crippen molar-refractivity contribution in [3.63, 3.8) is 0 Å². The highest BCUT2D eigenvalue weighted by Crippen LogP contribution is 2.29. The van der Waals surface area contributed by atoms with E-state index in [2.05, 4.69) is 15.5 Å². The van der Waals surface area contributed by atoms with Gasteiger partial charge < -0.3 is 15.6 Å². The first kappa shape index (κ1) is 14.9. The minimum Gasteiger partial charge on any atom is -0.367 e. The van der Waals surface area contributed by atoms with Crippen LogP contribution in [0.4, 0.5) is 11.6 Å². The Morgan fingerprint density at radius 1 is 1.04 bits per heavy atom. The van der Waals surface area contributed by atoms with Crippen LogP contribution in [0.25, 0.3) is 22.0 Å². The van der Waals surface area contributed by atoms with Gasteiger partial charge in [0.25, 0.3) is 5.91 Å². The van der Waals surface area contributed by atoms with E-state index in [-0.39, 0.29) is 17.4 Å². The van der Waals surface area contributed by atoms with Gasteiger partial charge in [-0.15, -0.1) is 0 Å². The van der Waals surface area contributed by atoms with E-state index in [0.717, 1.165) is 10.8 Å². The Morgan fingerprint density at radius 3 is 2.72 bits per heavy atom. The molecule has 2 aromatic heterocycles.